The van der Waals surface area contributed by atoms with Crippen molar-refractivity contribution in [1.82, 2.24) is 4.90 Å². The van der Waals surface area contributed by atoms with Gasteiger partial charge in [0, 0.05) is 13.1 Å². The van der Waals surface area contributed by atoms with Crippen LogP contribution in [0.5, 0.6) is 0 Å². The molecule has 0 radical (unpaired) electrons. The molecule has 2 aliphatic heterocycles. The van der Waals surface area contributed by atoms with E-state index in [1.54, 1.807) is 6.92 Å². The van der Waals surface area contributed by atoms with Crippen LogP contribution in [0.1, 0.15) is 45.4 Å². The zero-order valence-corrected chi connectivity index (χ0v) is 13.5. The Kier molecular flexibility index (Phi) is 5.24. The van der Waals surface area contributed by atoms with Gasteiger partial charge in [0.1, 0.15) is 19.0 Å². The number of nitrogens with zero attached hydrogens (tertiary/aromatic N) is 1. The lowest BCUT2D eigenvalue weighted by Gasteiger charge is -2.36. The van der Waals surface area contributed by atoms with Gasteiger partial charge >= 0.3 is 0 Å². The van der Waals surface area contributed by atoms with Crippen molar-refractivity contribution >= 4 is 5.91 Å². The molecule has 22 heavy (non-hydrogen) atoms. The van der Waals surface area contributed by atoms with E-state index in [0.717, 1.165) is 12.3 Å². The first-order valence-corrected chi connectivity index (χ1v) is 8.61. The Morgan fingerprint density at radius 1 is 1.14 bits per heavy atom. The number of hydrogen-bond donors (Lipinski definition) is 0. The highest BCUT2D eigenvalue weighted by atomic mass is 16.6. The second kappa shape index (κ2) is 7.36. The zero-order chi connectivity index (χ0) is 15.4. The Bertz CT molecular complexity index is 428. The Hall–Kier alpha value is -1.23. The minimum atomic E-state index is -0.0471. The third kappa shape index (κ3) is 3.75. The molecule has 0 aromatic rings. The van der Waals surface area contributed by atoms with Crippen LogP contribution in [-0.4, -0.2) is 49.8 Å². The smallest absolute Gasteiger partial charge is 0.292 e. The highest BCUT2D eigenvalue weighted by Crippen LogP contribution is 2.29. The summed E-state index contributed by atoms with van der Waals surface area (Å²) < 4.78 is 16.8. The Morgan fingerprint density at radius 3 is 2.68 bits per heavy atom. The molecule has 1 aliphatic carbocycles. The van der Waals surface area contributed by atoms with Crippen LogP contribution < -0.4 is 0 Å². The van der Waals surface area contributed by atoms with Crippen LogP contribution in [0.3, 0.4) is 0 Å². The second-order valence-corrected chi connectivity index (χ2v) is 6.57. The SMILES string of the molecule is CC1=C(C(=O)N2CCO[C@H](CC3CCCCC3)C2)OCCO1. The molecule has 3 rings (SSSR count). The Labute approximate surface area is 132 Å². The molecule has 0 spiro atoms. The maximum atomic E-state index is 12.6. The van der Waals surface area contributed by atoms with E-state index >= 15 is 0 Å². The highest BCUT2D eigenvalue weighted by Gasteiger charge is 2.31. The maximum absolute atomic E-state index is 12.6. The first kappa shape index (κ1) is 15.7. The molecule has 5 nitrogen and oxygen atoms in total. The number of hydrogen-bond acceptors (Lipinski definition) is 4. The summed E-state index contributed by atoms with van der Waals surface area (Å²) in [5.74, 6) is 1.70. The Morgan fingerprint density at radius 2 is 1.91 bits per heavy atom. The number of carbonyl (C=O) groups is 1. The van der Waals surface area contributed by atoms with Crippen molar-refractivity contribution in [3.05, 3.63) is 11.5 Å². The number of ether oxygens (including phenoxy) is 3. The van der Waals surface area contributed by atoms with Crippen molar-refractivity contribution in [3.8, 4) is 0 Å². The van der Waals surface area contributed by atoms with E-state index in [2.05, 4.69) is 0 Å². The van der Waals surface area contributed by atoms with Gasteiger partial charge in [-0.2, -0.15) is 0 Å². The van der Waals surface area contributed by atoms with Crippen LogP contribution in [0, 0.1) is 5.92 Å². The van der Waals surface area contributed by atoms with Crippen LogP contribution in [0.15, 0.2) is 11.5 Å². The van der Waals surface area contributed by atoms with E-state index in [1.165, 1.54) is 32.1 Å². The molecule has 1 amide bonds. The third-order valence-corrected chi connectivity index (χ3v) is 4.91. The van der Waals surface area contributed by atoms with E-state index in [4.69, 9.17) is 14.2 Å². The monoisotopic (exact) mass is 309 g/mol. The molecular formula is C17H27NO4. The average molecular weight is 309 g/mol. The molecule has 1 atom stereocenters. The van der Waals surface area contributed by atoms with Crippen LogP contribution in [0.4, 0.5) is 0 Å². The number of morpholine rings is 1. The molecule has 0 N–H and O–H groups in total. The number of carbonyl (C=O) groups excluding carboxylic acids is 1. The predicted molar refractivity (Wildman–Crippen MR) is 82.1 cm³/mol. The summed E-state index contributed by atoms with van der Waals surface area (Å²) in [7, 11) is 0. The molecule has 124 valence electrons. The average Bonchev–Trinajstić information content (AvgIpc) is 2.56. The lowest BCUT2D eigenvalue weighted by Crippen LogP contribution is -2.47. The summed E-state index contributed by atoms with van der Waals surface area (Å²) in [6.45, 7) is 4.71. The fraction of sp³-hybridized carbons (Fsp3) is 0.824. The molecule has 0 unspecified atom stereocenters. The topological polar surface area (TPSA) is 48.0 Å². The Balaban J connectivity index is 1.56. The number of amides is 1. The van der Waals surface area contributed by atoms with E-state index < -0.39 is 0 Å². The lowest BCUT2D eigenvalue weighted by atomic mass is 9.85. The van der Waals surface area contributed by atoms with Crippen LogP contribution in [-0.2, 0) is 19.0 Å². The molecule has 5 heteroatoms. The van der Waals surface area contributed by atoms with Gasteiger partial charge in [-0.1, -0.05) is 32.1 Å². The molecule has 0 aromatic heterocycles. The highest BCUT2D eigenvalue weighted by molar-refractivity contribution is 5.92. The molecule has 2 fully saturated rings. The molecule has 0 bridgehead atoms. The molecule has 0 aromatic carbocycles. The van der Waals surface area contributed by atoms with Crippen molar-refractivity contribution in [2.45, 2.75) is 51.6 Å². The van der Waals surface area contributed by atoms with Gasteiger partial charge in [-0.25, -0.2) is 0 Å². The largest absolute Gasteiger partial charge is 0.491 e. The minimum Gasteiger partial charge on any atom is -0.491 e. The second-order valence-electron chi connectivity index (χ2n) is 6.57. The van der Waals surface area contributed by atoms with Gasteiger partial charge in [-0.05, 0) is 19.3 Å². The third-order valence-electron chi connectivity index (χ3n) is 4.91. The minimum absolute atomic E-state index is 0.0471. The van der Waals surface area contributed by atoms with Gasteiger partial charge in [0.15, 0.2) is 0 Å². The van der Waals surface area contributed by atoms with Gasteiger partial charge in [-0.3, -0.25) is 4.79 Å². The predicted octanol–water partition coefficient (Wildman–Crippen LogP) is 2.46. The number of allylic oxidation sites excluding steroid dienone is 1. The summed E-state index contributed by atoms with van der Waals surface area (Å²) in [6.07, 6.45) is 7.95. The van der Waals surface area contributed by atoms with Gasteiger partial charge in [0.25, 0.3) is 5.91 Å². The van der Waals surface area contributed by atoms with Gasteiger partial charge in [0.05, 0.1) is 12.7 Å². The van der Waals surface area contributed by atoms with Crippen LogP contribution in [0.2, 0.25) is 0 Å². The van der Waals surface area contributed by atoms with E-state index in [-0.39, 0.29) is 12.0 Å². The maximum Gasteiger partial charge on any atom is 0.292 e. The zero-order valence-electron chi connectivity index (χ0n) is 13.5. The summed E-state index contributed by atoms with van der Waals surface area (Å²) in [4.78, 5) is 14.5. The van der Waals surface area contributed by atoms with Crippen LogP contribution >= 0.6 is 0 Å². The summed E-state index contributed by atoms with van der Waals surface area (Å²) in [5, 5.41) is 0. The van der Waals surface area contributed by atoms with Gasteiger partial charge in [-0.15, -0.1) is 0 Å². The summed E-state index contributed by atoms with van der Waals surface area (Å²) in [5.41, 5.74) is 0. The quantitative estimate of drug-likeness (QED) is 0.803. The van der Waals surface area contributed by atoms with Crippen LogP contribution in [0.25, 0.3) is 0 Å². The van der Waals surface area contributed by atoms with E-state index in [0.29, 0.717) is 44.4 Å². The first-order chi connectivity index (χ1) is 10.7. The van der Waals surface area contributed by atoms with Crippen molar-refractivity contribution in [2.24, 2.45) is 5.92 Å². The van der Waals surface area contributed by atoms with Gasteiger partial charge in [0.2, 0.25) is 5.76 Å². The first-order valence-electron chi connectivity index (χ1n) is 8.61. The van der Waals surface area contributed by atoms with Gasteiger partial charge < -0.3 is 19.1 Å². The molecule has 2 heterocycles. The van der Waals surface area contributed by atoms with Crippen molar-refractivity contribution in [3.63, 3.8) is 0 Å². The summed E-state index contributed by atoms with van der Waals surface area (Å²) in [6, 6.07) is 0. The molecular weight excluding hydrogens is 282 g/mol. The van der Waals surface area contributed by atoms with Crippen molar-refractivity contribution < 1.29 is 19.0 Å². The normalized spacial score (nSPS) is 27.3. The molecule has 1 saturated heterocycles. The fourth-order valence-electron chi connectivity index (χ4n) is 3.70. The molecule has 1 saturated carbocycles. The standard InChI is InChI=1S/C17H27NO4/c1-13-16(22-10-9-20-13)17(19)18-7-8-21-15(12-18)11-14-5-3-2-4-6-14/h14-15H,2-12H2,1H3/t15-/m1/s1. The molecule has 3 aliphatic rings. The van der Waals surface area contributed by atoms with Crippen molar-refractivity contribution in [2.75, 3.05) is 32.9 Å². The number of rotatable bonds is 3. The summed E-state index contributed by atoms with van der Waals surface area (Å²) >= 11 is 0. The van der Waals surface area contributed by atoms with Crippen molar-refractivity contribution in [1.29, 1.82) is 0 Å². The van der Waals surface area contributed by atoms with E-state index in [1.807, 2.05) is 4.90 Å². The lowest BCUT2D eigenvalue weighted by molar-refractivity contribution is -0.140. The fourth-order valence-corrected chi connectivity index (χ4v) is 3.70. The van der Waals surface area contributed by atoms with E-state index in [9.17, 15) is 4.79 Å².